The topological polar surface area (TPSA) is 56.4 Å². The minimum atomic E-state index is -3.55. The summed E-state index contributed by atoms with van der Waals surface area (Å²) in [4.78, 5) is 4.50. The maximum atomic E-state index is 13.1. The fourth-order valence-electron chi connectivity index (χ4n) is 4.46. The van der Waals surface area contributed by atoms with Gasteiger partial charge in [-0.3, -0.25) is 0 Å². The van der Waals surface area contributed by atoms with E-state index < -0.39 is 10.0 Å². The Morgan fingerprint density at radius 1 is 0.964 bits per heavy atom. The van der Waals surface area contributed by atoms with Gasteiger partial charge >= 0.3 is 0 Å². The number of aromatic nitrogens is 3. The Bertz CT molecular complexity index is 1230. The van der Waals surface area contributed by atoms with Crippen LogP contribution in [-0.2, 0) is 15.8 Å². The zero-order chi connectivity index (χ0) is 19.1. The van der Waals surface area contributed by atoms with Crippen LogP contribution in [0.5, 0.6) is 0 Å². The number of benzene rings is 1. The molecule has 1 fully saturated rings. The van der Waals surface area contributed by atoms with Gasteiger partial charge < -0.3 is 4.40 Å². The van der Waals surface area contributed by atoms with Gasteiger partial charge in [0.15, 0.2) is 5.65 Å². The smallest absolute Gasteiger partial charge is 0.244 e. The summed E-state index contributed by atoms with van der Waals surface area (Å²) in [5.41, 5.74) is 4.43. The number of fused-ring (bicyclic) bond motifs is 3. The zero-order valence-corrected chi connectivity index (χ0v) is 16.5. The van der Waals surface area contributed by atoms with Crippen LogP contribution >= 0.6 is 0 Å². The zero-order valence-electron chi connectivity index (χ0n) is 15.7. The lowest BCUT2D eigenvalue weighted by atomic mass is 9.87. The van der Waals surface area contributed by atoms with E-state index in [0.717, 1.165) is 16.6 Å². The van der Waals surface area contributed by atoms with Crippen LogP contribution < -0.4 is 0 Å². The lowest BCUT2D eigenvalue weighted by Crippen LogP contribution is -2.15. The molecule has 144 valence electrons. The lowest BCUT2D eigenvalue weighted by Gasteiger charge is -2.22. The molecule has 0 spiro atoms. The third-order valence-corrected chi connectivity index (χ3v) is 7.41. The van der Waals surface area contributed by atoms with Crippen LogP contribution in [0.4, 0.5) is 0 Å². The minimum absolute atomic E-state index is 0.0432. The molecule has 6 heteroatoms. The standard InChI is InChI=1S/C22H23N3O2S/c26-28(27,16-17-7-3-1-4-8-17)24-14-13-21-22(24)23-15-19-11-12-20(25(19)21)18-9-5-2-6-10-18/h1,3-4,7-8,11-15,18H,2,5-6,9-10,16H2. The van der Waals surface area contributed by atoms with E-state index >= 15 is 0 Å². The highest BCUT2D eigenvalue weighted by molar-refractivity contribution is 7.89. The summed E-state index contributed by atoms with van der Waals surface area (Å²) in [7, 11) is -3.55. The first-order valence-corrected chi connectivity index (χ1v) is 11.5. The van der Waals surface area contributed by atoms with Crippen molar-refractivity contribution >= 4 is 26.7 Å². The van der Waals surface area contributed by atoms with Crippen LogP contribution in [0.25, 0.3) is 16.7 Å². The average molecular weight is 394 g/mol. The van der Waals surface area contributed by atoms with Crippen molar-refractivity contribution in [2.45, 2.75) is 43.8 Å². The van der Waals surface area contributed by atoms with Crippen molar-refractivity contribution in [1.29, 1.82) is 0 Å². The molecule has 1 aromatic carbocycles. The number of nitrogens with zero attached hydrogens (tertiary/aromatic N) is 3. The van der Waals surface area contributed by atoms with Crippen LogP contribution in [0.1, 0.15) is 49.3 Å². The van der Waals surface area contributed by atoms with Crippen LogP contribution in [0.2, 0.25) is 0 Å². The molecular formula is C22H23N3O2S. The van der Waals surface area contributed by atoms with Crippen LogP contribution in [0.15, 0.2) is 60.9 Å². The normalized spacial score (nSPS) is 16.1. The molecule has 3 aromatic heterocycles. The molecule has 0 bridgehead atoms. The number of hydrogen-bond acceptors (Lipinski definition) is 3. The molecule has 0 aliphatic heterocycles. The Morgan fingerprint density at radius 2 is 1.75 bits per heavy atom. The highest BCUT2D eigenvalue weighted by Gasteiger charge is 2.22. The van der Waals surface area contributed by atoms with Gasteiger partial charge in [-0.15, -0.1) is 0 Å². The first-order valence-electron chi connectivity index (χ1n) is 9.88. The van der Waals surface area contributed by atoms with Gasteiger partial charge in [0.25, 0.3) is 0 Å². The molecule has 0 N–H and O–H groups in total. The number of hydrogen-bond donors (Lipinski definition) is 0. The van der Waals surface area contributed by atoms with Crippen molar-refractivity contribution in [3.8, 4) is 0 Å². The first-order chi connectivity index (χ1) is 13.6. The summed E-state index contributed by atoms with van der Waals surface area (Å²) >= 11 is 0. The van der Waals surface area contributed by atoms with E-state index in [1.165, 1.54) is 41.8 Å². The fraction of sp³-hybridized carbons (Fsp3) is 0.318. The van der Waals surface area contributed by atoms with Gasteiger partial charge in [0.1, 0.15) is 0 Å². The second-order valence-corrected chi connectivity index (χ2v) is 9.52. The summed E-state index contributed by atoms with van der Waals surface area (Å²) in [6.07, 6.45) is 9.65. The largest absolute Gasteiger partial charge is 0.309 e. The van der Waals surface area contributed by atoms with E-state index in [4.69, 9.17) is 0 Å². The van der Waals surface area contributed by atoms with Crippen molar-refractivity contribution in [1.82, 2.24) is 13.4 Å². The Hall–Kier alpha value is -2.60. The highest BCUT2D eigenvalue weighted by atomic mass is 32.2. The third-order valence-electron chi connectivity index (χ3n) is 5.82. The lowest BCUT2D eigenvalue weighted by molar-refractivity contribution is 0.436. The summed E-state index contributed by atoms with van der Waals surface area (Å²) < 4.78 is 29.6. The molecule has 0 atom stereocenters. The predicted octanol–water partition coefficient (Wildman–Crippen LogP) is 4.71. The minimum Gasteiger partial charge on any atom is -0.309 e. The van der Waals surface area contributed by atoms with E-state index in [1.807, 2.05) is 36.4 Å². The van der Waals surface area contributed by atoms with Crippen LogP contribution in [-0.4, -0.2) is 21.8 Å². The molecule has 1 aliphatic rings. The molecule has 28 heavy (non-hydrogen) atoms. The van der Waals surface area contributed by atoms with Gasteiger partial charge in [0.05, 0.1) is 23.0 Å². The van der Waals surface area contributed by atoms with Crippen molar-refractivity contribution in [2.75, 3.05) is 0 Å². The monoisotopic (exact) mass is 393 g/mol. The Kier molecular flexibility index (Phi) is 4.23. The van der Waals surface area contributed by atoms with Crippen molar-refractivity contribution in [3.63, 3.8) is 0 Å². The molecule has 0 unspecified atom stereocenters. The fourth-order valence-corrected chi connectivity index (χ4v) is 5.87. The SMILES string of the molecule is O=S(=O)(Cc1ccccc1)n1ccc2c1ncc1ccc(C3CCCCC3)n12. The molecule has 0 saturated heterocycles. The summed E-state index contributed by atoms with van der Waals surface area (Å²) in [6, 6.07) is 15.4. The van der Waals surface area contributed by atoms with Gasteiger partial charge in [-0.1, -0.05) is 49.6 Å². The molecule has 1 aliphatic carbocycles. The van der Waals surface area contributed by atoms with Gasteiger partial charge in [0.2, 0.25) is 10.0 Å². The molecule has 5 nitrogen and oxygen atoms in total. The van der Waals surface area contributed by atoms with E-state index in [0.29, 0.717) is 11.6 Å². The predicted molar refractivity (Wildman–Crippen MR) is 111 cm³/mol. The summed E-state index contributed by atoms with van der Waals surface area (Å²) in [5, 5.41) is 0. The quantitative estimate of drug-likeness (QED) is 0.504. The van der Waals surface area contributed by atoms with Crippen molar-refractivity contribution in [2.24, 2.45) is 0 Å². The van der Waals surface area contributed by atoms with Gasteiger partial charge in [0, 0.05) is 11.9 Å². The second-order valence-electron chi connectivity index (χ2n) is 7.67. The molecule has 3 heterocycles. The first kappa shape index (κ1) is 17.5. The third kappa shape index (κ3) is 2.92. The van der Waals surface area contributed by atoms with E-state index in [-0.39, 0.29) is 5.75 Å². The van der Waals surface area contributed by atoms with Gasteiger partial charge in [-0.2, -0.15) is 0 Å². The molecule has 5 rings (SSSR count). The highest BCUT2D eigenvalue weighted by Crippen LogP contribution is 2.35. The van der Waals surface area contributed by atoms with E-state index in [2.05, 4.69) is 21.5 Å². The van der Waals surface area contributed by atoms with Gasteiger partial charge in [-0.05, 0) is 42.5 Å². The average Bonchev–Trinajstić information content (AvgIpc) is 3.33. The van der Waals surface area contributed by atoms with Crippen LogP contribution in [0.3, 0.4) is 0 Å². The van der Waals surface area contributed by atoms with Gasteiger partial charge in [-0.25, -0.2) is 17.4 Å². The molecule has 1 saturated carbocycles. The molecule has 0 radical (unpaired) electrons. The summed E-state index contributed by atoms with van der Waals surface area (Å²) in [6.45, 7) is 0. The Balaban J connectivity index is 1.62. The number of rotatable bonds is 4. The van der Waals surface area contributed by atoms with E-state index in [9.17, 15) is 8.42 Å². The van der Waals surface area contributed by atoms with Crippen molar-refractivity contribution < 1.29 is 8.42 Å². The van der Waals surface area contributed by atoms with E-state index in [1.54, 1.807) is 12.4 Å². The van der Waals surface area contributed by atoms with Crippen LogP contribution in [0, 0.1) is 0 Å². The maximum absolute atomic E-state index is 13.1. The van der Waals surface area contributed by atoms with Crippen molar-refractivity contribution in [3.05, 3.63) is 72.2 Å². The Morgan fingerprint density at radius 3 is 2.54 bits per heavy atom. The molecular weight excluding hydrogens is 370 g/mol. The second kappa shape index (κ2) is 6.78. The molecule has 4 aromatic rings. The molecule has 0 amide bonds. The summed E-state index contributed by atoms with van der Waals surface area (Å²) in [5.74, 6) is 0.490. The maximum Gasteiger partial charge on any atom is 0.244 e. The Labute approximate surface area is 164 Å².